The first-order valence-corrected chi connectivity index (χ1v) is 8.96. The van der Waals surface area contributed by atoms with E-state index < -0.39 is 5.41 Å². The molecule has 134 valence electrons. The fourth-order valence-electron chi connectivity index (χ4n) is 4.33. The molecule has 3 amide bonds. The first-order chi connectivity index (χ1) is 11.7. The van der Waals surface area contributed by atoms with E-state index in [1.807, 2.05) is 52.0 Å². The number of hydrogen-bond donors (Lipinski definition) is 1. The Hall–Kier alpha value is -2.17. The van der Waals surface area contributed by atoms with Crippen molar-refractivity contribution in [3.8, 4) is 0 Å². The highest BCUT2D eigenvalue weighted by Gasteiger charge is 2.64. The molecule has 0 radical (unpaired) electrons. The average Bonchev–Trinajstić information content (AvgIpc) is 2.76. The predicted octanol–water partition coefficient (Wildman–Crippen LogP) is 3.00. The normalized spacial score (nSPS) is 27.5. The topological polar surface area (TPSA) is 66.5 Å². The second kappa shape index (κ2) is 5.97. The van der Waals surface area contributed by atoms with E-state index >= 15 is 0 Å². The van der Waals surface area contributed by atoms with Crippen LogP contribution in [0.25, 0.3) is 0 Å². The van der Waals surface area contributed by atoms with Crippen molar-refractivity contribution in [2.24, 2.45) is 16.7 Å². The summed E-state index contributed by atoms with van der Waals surface area (Å²) in [5.41, 5.74) is 0.831. The summed E-state index contributed by atoms with van der Waals surface area (Å²) in [7, 11) is 0. The van der Waals surface area contributed by atoms with Gasteiger partial charge in [-0.3, -0.25) is 19.3 Å². The Morgan fingerprint density at radius 3 is 2.60 bits per heavy atom. The van der Waals surface area contributed by atoms with Crippen molar-refractivity contribution < 1.29 is 14.4 Å². The Kier molecular flexibility index (Phi) is 4.21. The fraction of sp³-hybridized carbons (Fsp3) is 0.550. The highest BCUT2D eigenvalue weighted by atomic mass is 16.2. The van der Waals surface area contributed by atoms with Crippen LogP contribution in [-0.4, -0.2) is 29.2 Å². The van der Waals surface area contributed by atoms with Crippen LogP contribution in [-0.2, 0) is 20.8 Å². The molecular weight excluding hydrogens is 316 g/mol. The van der Waals surface area contributed by atoms with Gasteiger partial charge in [0.25, 0.3) is 0 Å². The molecule has 1 aliphatic carbocycles. The number of piperidine rings is 1. The van der Waals surface area contributed by atoms with E-state index in [0.717, 1.165) is 17.7 Å². The molecule has 1 aromatic carbocycles. The van der Waals surface area contributed by atoms with Crippen LogP contribution in [0.3, 0.4) is 0 Å². The lowest BCUT2D eigenvalue weighted by molar-refractivity contribution is -0.168. The third kappa shape index (κ3) is 2.57. The third-order valence-electron chi connectivity index (χ3n) is 6.48. The summed E-state index contributed by atoms with van der Waals surface area (Å²) in [4.78, 5) is 39.4. The number of hydrogen-bond acceptors (Lipinski definition) is 3. The number of aryl methyl sites for hydroxylation is 1. The summed E-state index contributed by atoms with van der Waals surface area (Å²) >= 11 is 0. The van der Waals surface area contributed by atoms with Crippen LogP contribution < -0.4 is 5.32 Å². The van der Waals surface area contributed by atoms with Crippen molar-refractivity contribution in [1.29, 1.82) is 0 Å². The highest BCUT2D eigenvalue weighted by Crippen LogP contribution is 2.59. The zero-order valence-electron chi connectivity index (χ0n) is 15.4. The molecule has 0 aromatic heterocycles. The molecule has 5 heteroatoms. The van der Waals surface area contributed by atoms with E-state index in [1.165, 1.54) is 4.90 Å². The van der Waals surface area contributed by atoms with Gasteiger partial charge in [-0.15, -0.1) is 0 Å². The quantitative estimate of drug-likeness (QED) is 0.856. The minimum atomic E-state index is -0.576. The maximum absolute atomic E-state index is 13.0. The molecule has 0 spiro atoms. The van der Waals surface area contributed by atoms with Gasteiger partial charge in [0.2, 0.25) is 17.7 Å². The van der Waals surface area contributed by atoms with E-state index in [1.54, 1.807) is 0 Å². The first-order valence-electron chi connectivity index (χ1n) is 8.96. The number of amides is 3. The Bertz CT molecular complexity index is 740. The number of likely N-dealkylation sites (tertiary alicyclic amines) is 1. The standard InChI is InChI=1S/C20H26N2O3/c1-5-13-8-6-7-9-15(13)21-16(23)12-22-17(24)14-10-11-20(4,18(22)25)19(14,2)3/h6-9,14H,5,10-12H2,1-4H3,(H,21,23). The maximum atomic E-state index is 13.0. The monoisotopic (exact) mass is 342 g/mol. The van der Waals surface area contributed by atoms with Gasteiger partial charge in [0.15, 0.2) is 0 Å². The SMILES string of the molecule is CCc1ccccc1NC(=O)CN1C(=O)C2CCC(C)(C1=O)C2(C)C. The van der Waals surface area contributed by atoms with Crippen LogP contribution >= 0.6 is 0 Å². The highest BCUT2D eigenvalue weighted by molar-refractivity contribution is 6.07. The van der Waals surface area contributed by atoms with E-state index in [4.69, 9.17) is 0 Å². The lowest BCUT2D eigenvalue weighted by Gasteiger charge is -2.47. The van der Waals surface area contributed by atoms with Crippen LogP contribution in [0.2, 0.25) is 0 Å². The number of anilines is 1. The van der Waals surface area contributed by atoms with Gasteiger partial charge in [-0.1, -0.05) is 45.9 Å². The van der Waals surface area contributed by atoms with E-state index in [0.29, 0.717) is 12.8 Å². The summed E-state index contributed by atoms with van der Waals surface area (Å²) in [6.45, 7) is 7.73. The molecule has 2 bridgehead atoms. The van der Waals surface area contributed by atoms with Crippen molar-refractivity contribution >= 4 is 23.4 Å². The molecule has 5 nitrogen and oxygen atoms in total. The second-order valence-electron chi connectivity index (χ2n) is 7.93. The molecule has 2 aliphatic rings. The van der Waals surface area contributed by atoms with E-state index in [9.17, 15) is 14.4 Å². The fourth-order valence-corrected chi connectivity index (χ4v) is 4.33. The minimum Gasteiger partial charge on any atom is -0.324 e. The van der Waals surface area contributed by atoms with Gasteiger partial charge in [0.05, 0.1) is 5.41 Å². The summed E-state index contributed by atoms with van der Waals surface area (Å²) in [5, 5.41) is 2.85. The van der Waals surface area contributed by atoms with E-state index in [-0.39, 0.29) is 35.6 Å². The number of imide groups is 1. The van der Waals surface area contributed by atoms with Crippen molar-refractivity contribution in [2.75, 3.05) is 11.9 Å². The van der Waals surface area contributed by atoms with Gasteiger partial charge in [-0.25, -0.2) is 0 Å². The van der Waals surface area contributed by atoms with Crippen LogP contribution in [0, 0.1) is 16.7 Å². The zero-order chi connectivity index (χ0) is 18.4. The predicted molar refractivity (Wildman–Crippen MR) is 95.8 cm³/mol. The molecule has 3 rings (SSSR count). The van der Waals surface area contributed by atoms with Crippen molar-refractivity contribution in [1.82, 2.24) is 4.90 Å². The van der Waals surface area contributed by atoms with Crippen LogP contribution in [0.1, 0.15) is 46.1 Å². The van der Waals surface area contributed by atoms with Gasteiger partial charge >= 0.3 is 0 Å². The average molecular weight is 342 g/mol. The number of benzene rings is 1. The molecule has 1 aliphatic heterocycles. The lowest BCUT2D eigenvalue weighted by atomic mass is 9.62. The van der Waals surface area contributed by atoms with Crippen LogP contribution in [0.15, 0.2) is 24.3 Å². The Morgan fingerprint density at radius 1 is 1.24 bits per heavy atom. The van der Waals surface area contributed by atoms with Gasteiger partial charge in [0, 0.05) is 11.6 Å². The van der Waals surface area contributed by atoms with Crippen molar-refractivity contribution in [2.45, 2.75) is 47.0 Å². The molecule has 1 saturated carbocycles. The molecule has 1 saturated heterocycles. The Morgan fingerprint density at radius 2 is 1.92 bits per heavy atom. The van der Waals surface area contributed by atoms with Gasteiger partial charge in [-0.05, 0) is 36.3 Å². The molecule has 2 fully saturated rings. The summed E-state index contributed by atoms with van der Waals surface area (Å²) in [6.07, 6.45) is 2.21. The van der Waals surface area contributed by atoms with E-state index in [2.05, 4.69) is 5.32 Å². The molecule has 2 atom stereocenters. The third-order valence-corrected chi connectivity index (χ3v) is 6.48. The molecule has 1 N–H and O–H groups in total. The van der Waals surface area contributed by atoms with Crippen LogP contribution in [0.5, 0.6) is 0 Å². The second-order valence-corrected chi connectivity index (χ2v) is 7.93. The van der Waals surface area contributed by atoms with Crippen molar-refractivity contribution in [3.63, 3.8) is 0 Å². The zero-order valence-corrected chi connectivity index (χ0v) is 15.4. The largest absolute Gasteiger partial charge is 0.324 e. The molecule has 1 aromatic rings. The smallest absolute Gasteiger partial charge is 0.244 e. The summed E-state index contributed by atoms with van der Waals surface area (Å²) in [6, 6.07) is 7.57. The Labute approximate surface area is 148 Å². The van der Waals surface area contributed by atoms with Gasteiger partial charge in [0.1, 0.15) is 6.54 Å². The maximum Gasteiger partial charge on any atom is 0.244 e. The van der Waals surface area contributed by atoms with Crippen LogP contribution in [0.4, 0.5) is 5.69 Å². The molecular formula is C20H26N2O3. The Balaban J connectivity index is 1.78. The number of nitrogens with zero attached hydrogens (tertiary/aromatic N) is 1. The number of para-hydroxylation sites is 1. The van der Waals surface area contributed by atoms with Crippen molar-refractivity contribution in [3.05, 3.63) is 29.8 Å². The van der Waals surface area contributed by atoms with Gasteiger partial charge in [-0.2, -0.15) is 0 Å². The summed E-state index contributed by atoms with van der Waals surface area (Å²) < 4.78 is 0. The first kappa shape index (κ1) is 17.6. The number of nitrogens with one attached hydrogen (secondary N) is 1. The number of carbonyl (C=O) groups is 3. The molecule has 1 heterocycles. The molecule has 2 unspecified atom stereocenters. The lowest BCUT2D eigenvalue weighted by Crippen LogP contribution is -2.60. The minimum absolute atomic E-state index is 0.189. The number of carbonyl (C=O) groups excluding carboxylic acids is 3. The summed E-state index contributed by atoms with van der Waals surface area (Å²) in [5.74, 6) is -0.935. The number of fused-ring (bicyclic) bond motifs is 2. The number of rotatable bonds is 4. The van der Waals surface area contributed by atoms with Gasteiger partial charge < -0.3 is 5.32 Å². The molecule has 25 heavy (non-hydrogen) atoms.